The van der Waals surface area contributed by atoms with Crippen molar-refractivity contribution in [2.75, 3.05) is 7.11 Å². The van der Waals surface area contributed by atoms with E-state index < -0.39 is 0 Å². The second-order valence-electron chi connectivity index (χ2n) is 6.84. The standard InChI is InChI=1S/C17H27NO/c1-13-9-15(11-17(2,3)10-13)18-12-14-5-7-16(19-4)8-6-14/h5-8,13,15,18H,9-12H2,1-4H3. The number of hydrogen-bond donors (Lipinski definition) is 1. The van der Waals surface area contributed by atoms with Crippen LogP contribution >= 0.6 is 0 Å². The second-order valence-corrected chi connectivity index (χ2v) is 6.84. The van der Waals surface area contributed by atoms with Crippen molar-refractivity contribution in [3.63, 3.8) is 0 Å². The lowest BCUT2D eigenvalue weighted by molar-refractivity contribution is 0.151. The minimum Gasteiger partial charge on any atom is -0.497 e. The van der Waals surface area contributed by atoms with Crippen molar-refractivity contribution in [2.24, 2.45) is 11.3 Å². The number of rotatable bonds is 4. The first-order chi connectivity index (χ1) is 8.98. The zero-order valence-corrected chi connectivity index (χ0v) is 12.7. The van der Waals surface area contributed by atoms with Crippen LogP contribution in [0.5, 0.6) is 5.75 Å². The molecule has 1 aliphatic carbocycles. The Hall–Kier alpha value is -1.02. The molecule has 2 unspecified atom stereocenters. The summed E-state index contributed by atoms with van der Waals surface area (Å²) in [5.41, 5.74) is 1.81. The Balaban J connectivity index is 1.87. The highest BCUT2D eigenvalue weighted by Crippen LogP contribution is 2.38. The van der Waals surface area contributed by atoms with Crippen LogP contribution in [0.3, 0.4) is 0 Å². The lowest BCUT2D eigenvalue weighted by atomic mass is 9.70. The number of nitrogens with one attached hydrogen (secondary N) is 1. The van der Waals surface area contributed by atoms with Crippen LogP contribution in [-0.2, 0) is 6.54 Å². The molecule has 0 bridgehead atoms. The highest BCUT2D eigenvalue weighted by Gasteiger charge is 2.31. The minimum atomic E-state index is 0.481. The Kier molecular flexibility index (Phi) is 4.51. The van der Waals surface area contributed by atoms with E-state index in [1.54, 1.807) is 7.11 Å². The van der Waals surface area contributed by atoms with E-state index in [2.05, 4.69) is 38.2 Å². The highest BCUT2D eigenvalue weighted by molar-refractivity contribution is 5.27. The molecule has 0 aliphatic heterocycles. The van der Waals surface area contributed by atoms with E-state index in [9.17, 15) is 0 Å². The van der Waals surface area contributed by atoms with Gasteiger partial charge in [-0.3, -0.25) is 0 Å². The summed E-state index contributed by atoms with van der Waals surface area (Å²) < 4.78 is 5.18. The van der Waals surface area contributed by atoms with Gasteiger partial charge in [0, 0.05) is 12.6 Å². The van der Waals surface area contributed by atoms with Crippen LogP contribution < -0.4 is 10.1 Å². The van der Waals surface area contributed by atoms with Gasteiger partial charge in [-0.05, 0) is 48.3 Å². The maximum absolute atomic E-state index is 5.18. The van der Waals surface area contributed by atoms with Gasteiger partial charge < -0.3 is 10.1 Å². The Labute approximate surface area is 117 Å². The third-order valence-corrected chi connectivity index (χ3v) is 4.14. The Bertz CT molecular complexity index is 396. The Morgan fingerprint density at radius 2 is 1.89 bits per heavy atom. The number of hydrogen-bond acceptors (Lipinski definition) is 2. The molecule has 1 aromatic rings. The van der Waals surface area contributed by atoms with Crippen LogP contribution in [0.2, 0.25) is 0 Å². The highest BCUT2D eigenvalue weighted by atomic mass is 16.5. The number of ether oxygens (including phenoxy) is 1. The Morgan fingerprint density at radius 3 is 2.47 bits per heavy atom. The van der Waals surface area contributed by atoms with E-state index in [0.29, 0.717) is 11.5 Å². The average Bonchev–Trinajstić information content (AvgIpc) is 2.34. The van der Waals surface area contributed by atoms with E-state index in [-0.39, 0.29) is 0 Å². The summed E-state index contributed by atoms with van der Waals surface area (Å²) in [5.74, 6) is 1.76. The average molecular weight is 261 g/mol. The SMILES string of the molecule is COc1ccc(CNC2CC(C)CC(C)(C)C2)cc1. The molecule has 1 aromatic carbocycles. The van der Waals surface area contributed by atoms with E-state index in [1.807, 2.05) is 12.1 Å². The van der Waals surface area contributed by atoms with Gasteiger partial charge in [-0.1, -0.05) is 32.9 Å². The van der Waals surface area contributed by atoms with Crippen molar-refractivity contribution in [2.45, 2.75) is 52.6 Å². The van der Waals surface area contributed by atoms with Crippen LogP contribution in [0, 0.1) is 11.3 Å². The molecular weight excluding hydrogens is 234 g/mol. The molecule has 2 atom stereocenters. The maximum Gasteiger partial charge on any atom is 0.118 e. The van der Waals surface area contributed by atoms with Gasteiger partial charge in [0.1, 0.15) is 5.75 Å². The number of benzene rings is 1. The monoisotopic (exact) mass is 261 g/mol. The molecule has 1 aliphatic rings. The van der Waals surface area contributed by atoms with Crippen LogP contribution in [0.15, 0.2) is 24.3 Å². The Morgan fingerprint density at radius 1 is 1.21 bits per heavy atom. The van der Waals surface area contributed by atoms with Crippen LogP contribution in [0.4, 0.5) is 0 Å². The summed E-state index contributed by atoms with van der Waals surface area (Å²) >= 11 is 0. The van der Waals surface area contributed by atoms with Gasteiger partial charge >= 0.3 is 0 Å². The molecule has 1 N–H and O–H groups in total. The fourth-order valence-electron chi connectivity index (χ4n) is 3.51. The minimum absolute atomic E-state index is 0.481. The van der Waals surface area contributed by atoms with Crippen molar-refractivity contribution in [1.82, 2.24) is 5.32 Å². The number of methoxy groups -OCH3 is 1. The molecule has 106 valence electrons. The summed E-state index contributed by atoms with van der Waals surface area (Å²) in [5, 5.41) is 3.72. The van der Waals surface area contributed by atoms with Crippen molar-refractivity contribution >= 4 is 0 Å². The zero-order valence-electron chi connectivity index (χ0n) is 12.7. The summed E-state index contributed by atoms with van der Waals surface area (Å²) in [6, 6.07) is 9.00. The summed E-state index contributed by atoms with van der Waals surface area (Å²) in [4.78, 5) is 0. The van der Waals surface area contributed by atoms with Gasteiger partial charge in [0.2, 0.25) is 0 Å². The van der Waals surface area contributed by atoms with Gasteiger partial charge in [0.15, 0.2) is 0 Å². The molecule has 0 heterocycles. The third kappa shape index (κ3) is 4.24. The van der Waals surface area contributed by atoms with Crippen molar-refractivity contribution in [3.05, 3.63) is 29.8 Å². The van der Waals surface area contributed by atoms with Crippen LogP contribution in [0.25, 0.3) is 0 Å². The zero-order chi connectivity index (χ0) is 13.9. The fourth-order valence-corrected chi connectivity index (χ4v) is 3.51. The predicted octanol–water partition coefficient (Wildman–Crippen LogP) is 4.00. The largest absolute Gasteiger partial charge is 0.497 e. The molecule has 0 radical (unpaired) electrons. The first-order valence-electron chi connectivity index (χ1n) is 7.35. The van der Waals surface area contributed by atoms with Gasteiger partial charge in [0.25, 0.3) is 0 Å². The third-order valence-electron chi connectivity index (χ3n) is 4.14. The van der Waals surface area contributed by atoms with Crippen molar-refractivity contribution in [1.29, 1.82) is 0 Å². The first kappa shape index (κ1) is 14.4. The van der Waals surface area contributed by atoms with Crippen molar-refractivity contribution in [3.8, 4) is 5.75 Å². The topological polar surface area (TPSA) is 21.3 Å². The molecule has 0 aromatic heterocycles. The van der Waals surface area contributed by atoms with E-state index >= 15 is 0 Å². The lowest BCUT2D eigenvalue weighted by Gasteiger charge is -2.39. The first-order valence-corrected chi connectivity index (χ1v) is 7.35. The molecule has 19 heavy (non-hydrogen) atoms. The summed E-state index contributed by atoms with van der Waals surface area (Å²) in [7, 11) is 1.71. The predicted molar refractivity (Wildman–Crippen MR) is 80.4 cm³/mol. The molecule has 0 spiro atoms. The molecular formula is C17H27NO. The van der Waals surface area contributed by atoms with Gasteiger partial charge in [0.05, 0.1) is 7.11 Å². The summed E-state index contributed by atoms with van der Waals surface area (Å²) in [6.07, 6.45) is 3.95. The smallest absolute Gasteiger partial charge is 0.118 e. The maximum atomic E-state index is 5.18. The normalized spacial score (nSPS) is 26.1. The molecule has 2 rings (SSSR count). The molecule has 1 saturated carbocycles. The van der Waals surface area contributed by atoms with Gasteiger partial charge in [-0.2, -0.15) is 0 Å². The second kappa shape index (κ2) is 5.96. The van der Waals surface area contributed by atoms with Crippen LogP contribution in [-0.4, -0.2) is 13.2 Å². The van der Waals surface area contributed by atoms with E-state index in [0.717, 1.165) is 18.2 Å². The molecule has 2 heteroatoms. The van der Waals surface area contributed by atoms with Gasteiger partial charge in [-0.25, -0.2) is 0 Å². The molecule has 0 saturated heterocycles. The van der Waals surface area contributed by atoms with Crippen LogP contribution in [0.1, 0.15) is 45.6 Å². The quantitative estimate of drug-likeness (QED) is 0.884. The molecule has 1 fully saturated rings. The summed E-state index contributed by atoms with van der Waals surface area (Å²) in [6.45, 7) is 8.12. The van der Waals surface area contributed by atoms with E-state index in [1.165, 1.54) is 24.8 Å². The van der Waals surface area contributed by atoms with Crippen molar-refractivity contribution < 1.29 is 4.74 Å². The molecule has 0 amide bonds. The lowest BCUT2D eigenvalue weighted by Crippen LogP contribution is -2.39. The van der Waals surface area contributed by atoms with Gasteiger partial charge in [-0.15, -0.1) is 0 Å². The fraction of sp³-hybridized carbons (Fsp3) is 0.647. The molecule has 2 nitrogen and oxygen atoms in total. The van der Waals surface area contributed by atoms with E-state index in [4.69, 9.17) is 4.74 Å².